The predicted octanol–water partition coefficient (Wildman–Crippen LogP) is 5.00. The van der Waals surface area contributed by atoms with Gasteiger partial charge in [0.15, 0.2) is 0 Å². The van der Waals surface area contributed by atoms with Crippen LogP contribution < -0.4 is 14.6 Å². The Balaban J connectivity index is 1.88. The van der Waals surface area contributed by atoms with Crippen molar-refractivity contribution in [3.63, 3.8) is 0 Å². The van der Waals surface area contributed by atoms with Crippen molar-refractivity contribution < 1.29 is 4.57 Å². The summed E-state index contributed by atoms with van der Waals surface area (Å²) < 4.78 is 18.0. The quantitative estimate of drug-likeness (QED) is 0.630. The second-order valence-corrected chi connectivity index (χ2v) is 8.00. The first-order valence-corrected chi connectivity index (χ1v) is 9.45. The Kier molecular flexibility index (Phi) is 3.72. The molecule has 0 radical (unpaired) electrons. The molecule has 24 heavy (non-hydrogen) atoms. The van der Waals surface area contributed by atoms with Crippen molar-refractivity contribution in [1.29, 1.82) is 0 Å². The lowest BCUT2D eigenvalue weighted by Crippen LogP contribution is -2.26. The van der Waals surface area contributed by atoms with Gasteiger partial charge in [-0.2, -0.15) is 0 Å². The van der Waals surface area contributed by atoms with Crippen molar-refractivity contribution in [2.24, 2.45) is 0 Å². The third-order valence-electron chi connectivity index (χ3n) is 4.07. The maximum Gasteiger partial charge on any atom is 0.300 e. The van der Waals surface area contributed by atoms with Gasteiger partial charge in [-0.15, -0.1) is 0 Å². The zero-order valence-electron chi connectivity index (χ0n) is 13.1. The van der Waals surface area contributed by atoms with E-state index in [1.54, 1.807) is 0 Å². The zero-order chi connectivity index (χ0) is 16.4. The number of benzene rings is 3. The lowest BCUT2D eigenvalue weighted by Gasteiger charge is -2.32. The van der Waals surface area contributed by atoms with Crippen LogP contribution in [0.15, 0.2) is 103 Å². The summed E-state index contributed by atoms with van der Waals surface area (Å²) in [7, 11) is -3.03. The van der Waals surface area contributed by atoms with Gasteiger partial charge in [0.1, 0.15) is 0 Å². The molecule has 3 nitrogen and oxygen atoms in total. The summed E-state index contributed by atoms with van der Waals surface area (Å²) >= 11 is 0. The van der Waals surface area contributed by atoms with Crippen molar-refractivity contribution >= 4 is 24.1 Å². The van der Waals surface area contributed by atoms with Gasteiger partial charge >= 0.3 is 7.44 Å². The summed E-state index contributed by atoms with van der Waals surface area (Å²) in [6, 6.07) is 29.4. The summed E-state index contributed by atoms with van der Waals surface area (Å²) in [6.07, 6.45) is 3.80. The van der Waals surface area contributed by atoms with Gasteiger partial charge in [-0.05, 0) is 36.4 Å². The normalized spacial score (nSPS) is 15.7. The fourth-order valence-electron chi connectivity index (χ4n) is 2.93. The fourth-order valence-corrected chi connectivity index (χ4v) is 5.57. The average molecular weight is 332 g/mol. The van der Waals surface area contributed by atoms with Gasteiger partial charge in [-0.25, -0.2) is 0 Å². The number of hydrogen-bond donors (Lipinski definition) is 0. The Morgan fingerprint density at radius 3 is 1.33 bits per heavy atom. The first-order chi connectivity index (χ1) is 11.8. The van der Waals surface area contributed by atoms with E-state index in [9.17, 15) is 4.57 Å². The zero-order valence-corrected chi connectivity index (χ0v) is 14.0. The van der Waals surface area contributed by atoms with Gasteiger partial charge in [0, 0.05) is 23.8 Å². The van der Waals surface area contributed by atoms with E-state index < -0.39 is 7.44 Å². The van der Waals surface area contributed by atoms with Gasteiger partial charge < -0.3 is 0 Å². The number of para-hydroxylation sites is 2. The first-order valence-electron chi connectivity index (χ1n) is 7.84. The molecular weight excluding hydrogens is 315 g/mol. The minimum atomic E-state index is -3.03. The van der Waals surface area contributed by atoms with Crippen molar-refractivity contribution in [2.75, 3.05) is 9.34 Å². The molecule has 0 spiro atoms. The van der Waals surface area contributed by atoms with Crippen LogP contribution >= 0.6 is 7.44 Å². The minimum Gasteiger partial charge on any atom is -0.277 e. The molecular formula is C20H17N2OP. The molecule has 1 aliphatic heterocycles. The number of anilines is 2. The molecule has 3 aromatic rings. The van der Waals surface area contributed by atoms with Crippen LogP contribution in [0.4, 0.5) is 11.4 Å². The molecule has 0 aliphatic carbocycles. The van der Waals surface area contributed by atoms with E-state index in [-0.39, 0.29) is 0 Å². The highest BCUT2D eigenvalue weighted by molar-refractivity contribution is 7.75. The Hall–Kier alpha value is -2.77. The molecule has 0 N–H and O–H groups in total. The van der Waals surface area contributed by atoms with Crippen LogP contribution in [0.5, 0.6) is 0 Å². The van der Waals surface area contributed by atoms with Crippen molar-refractivity contribution in [3.8, 4) is 0 Å². The van der Waals surface area contributed by atoms with E-state index in [2.05, 4.69) is 0 Å². The molecule has 0 aromatic heterocycles. The first kappa shape index (κ1) is 14.8. The van der Waals surface area contributed by atoms with Gasteiger partial charge in [0.05, 0.1) is 5.30 Å². The lowest BCUT2D eigenvalue weighted by atomic mass is 10.3. The second-order valence-electron chi connectivity index (χ2n) is 5.54. The van der Waals surface area contributed by atoms with E-state index in [4.69, 9.17) is 0 Å². The van der Waals surface area contributed by atoms with Gasteiger partial charge in [-0.3, -0.25) is 13.9 Å². The minimum absolute atomic E-state index is 0.808. The molecule has 0 amide bonds. The van der Waals surface area contributed by atoms with Crippen molar-refractivity contribution in [3.05, 3.63) is 103 Å². The highest BCUT2D eigenvalue weighted by atomic mass is 31.2. The molecule has 4 heteroatoms. The number of rotatable bonds is 3. The predicted molar refractivity (Wildman–Crippen MR) is 101 cm³/mol. The number of hydrogen-bond acceptors (Lipinski definition) is 1. The summed E-state index contributed by atoms with van der Waals surface area (Å²) in [5.74, 6) is 0. The average Bonchev–Trinajstić information content (AvgIpc) is 3.02. The molecule has 4 rings (SSSR count). The summed E-state index contributed by atoms with van der Waals surface area (Å²) in [6.45, 7) is 0. The van der Waals surface area contributed by atoms with Gasteiger partial charge in [0.2, 0.25) is 0 Å². The van der Waals surface area contributed by atoms with E-state index in [1.165, 1.54) is 0 Å². The molecule has 1 heterocycles. The largest absolute Gasteiger partial charge is 0.300 e. The third kappa shape index (κ3) is 2.34. The highest BCUT2D eigenvalue weighted by Gasteiger charge is 2.41. The van der Waals surface area contributed by atoms with Crippen LogP contribution in [-0.4, -0.2) is 0 Å². The number of nitrogens with zero attached hydrogens (tertiary/aromatic N) is 2. The maximum atomic E-state index is 14.3. The molecule has 1 aliphatic rings. The third-order valence-corrected chi connectivity index (χ3v) is 6.93. The van der Waals surface area contributed by atoms with E-state index in [0.717, 1.165) is 16.7 Å². The van der Waals surface area contributed by atoms with E-state index in [1.807, 2.05) is 113 Å². The standard InChI is InChI=1S/C20H17N2OP/c23-24(20-14-8-3-9-15-20)21(18-10-4-1-5-11-18)16-17-22(24)19-12-6-2-7-13-19/h1-17H. The highest BCUT2D eigenvalue weighted by Crippen LogP contribution is 2.59. The molecule has 0 bridgehead atoms. The van der Waals surface area contributed by atoms with Crippen LogP contribution in [0.25, 0.3) is 0 Å². The molecule has 0 saturated heterocycles. The Morgan fingerprint density at radius 1 is 0.542 bits per heavy atom. The lowest BCUT2D eigenvalue weighted by molar-refractivity contribution is 0.582. The SMILES string of the molecule is O=P1(c2ccccc2)N(c2ccccc2)C=CN1c1ccccc1. The maximum absolute atomic E-state index is 14.3. The summed E-state index contributed by atoms with van der Waals surface area (Å²) in [4.78, 5) is 0. The smallest absolute Gasteiger partial charge is 0.277 e. The topological polar surface area (TPSA) is 23.6 Å². The second kappa shape index (κ2) is 6.03. The Morgan fingerprint density at radius 2 is 0.917 bits per heavy atom. The van der Waals surface area contributed by atoms with Crippen LogP contribution in [0.1, 0.15) is 0 Å². The molecule has 0 saturated carbocycles. The van der Waals surface area contributed by atoms with E-state index >= 15 is 0 Å². The van der Waals surface area contributed by atoms with Gasteiger partial charge in [0.25, 0.3) is 0 Å². The van der Waals surface area contributed by atoms with Crippen LogP contribution in [0.3, 0.4) is 0 Å². The van der Waals surface area contributed by atoms with E-state index in [0.29, 0.717) is 0 Å². The monoisotopic (exact) mass is 332 g/mol. The van der Waals surface area contributed by atoms with Crippen LogP contribution in [0, 0.1) is 0 Å². The van der Waals surface area contributed by atoms with Crippen LogP contribution in [-0.2, 0) is 4.57 Å². The molecule has 118 valence electrons. The Bertz CT molecular complexity index is 841. The molecule has 0 atom stereocenters. The van der Waals surface area contributed by atoms with Gasteiger partial charge in [-0.1, -0.05) is 54.6 Å². The molecule has 0 unspecified atom stereocenters. The van der Waals surface area contributed by atoms with Crippen LogP contribution in [0.2, 0.25) is 0 Å². The Labute approximate surface area is 142 Å². The van der Waals surface area contributed by atoms with Crippen molar-refractivity contribution in [1.82, 2.24) is 0 Å². The molecule has 3 aromatic carbocycles. The van der Waals surface area contributed by atoms with Crippen molar-refractivity contribution in [2.45, 2.75) is 0 Å². The summed E-state index contributed by atoms with van der Waals surface area (Å²) in [5.41, 5.74) is 1.83. The summed E-state index contributed by atoms with van der Waals surface area (Å²) in [5, 5.41) is 0.808. The fraction of sp³-hybridized carbons (Fsp3) is 0. The molecule has 0 fully saturated rings.